The van der Waals surface area contributed by atoms with Crippen LogP contribution in [0.3, 0.4) is 0 Å². The summed E-state index contributed by atoms with van der Waals surface area (Å²) in [6, 6.07) is 0. The first-order valence-electron chi connectivity index (χ1n) is 4.80. The van der Waals surface area contributed by atoms with Crippen molar-refractivity contribution in [3.63, 3.8) is 0 Å². The summed E-state index contributed by atoms with van der Waals surface area (Å²) in [5, 5.41) is 1.92. The van der Waals surface area contributed by atoms with Crippen molar-refractivity contribution in [3.05, 3.63) is 0 Å². The molecule has 2 N–H and O–H groups in total. The topological polar surface area (TPSA) is 75.6 Å². The lowest BCUT2D eigenvalue weighted by Gasteiger charge is -2.24. The van der Waals surface area contributed by atoms with Gasteiger partial charge in [-0.25, -0.2) is 4.57 Å². The monoisotopic (exact) mass is 221 g/mol. The Morgan fingerprint density at radius 2 is 2.00 bits per heavy atom. The van der Waals surface area contributed by atoms with E-state index in [0.29, 0.717) is 0 Å². The average molecular weight is 221 g/mol. The molecule has 0 saturated heterocycles. The number of hydrogen-bond donors (Lipinski definition) is 2. The Hall–Kier alpha value is -0.380. The molecule has 0 aromatic heterocycles. The zero-order chi connectivity index (χ0) is 10.6. The van der Waals surface area contributed by atoms with Crippen LogP contribution in [0.15, 0.2) is 0 Å². The van der Waals surface area contributed by atoms with Crippen LogP contribution in [0.5, 0.6) is 0 Å². The van der Waals surface area contributed by atoms with Crippen molar-refractivity contribution in [3.8, 4) is 0 Å². The van der Waals surface area contributed by atoms with Crippen molar-refractivity contribution < 1.29 is 18.8 Å². The standard InChI is InChI=1S/C8H16NO4P/c1-7(10)9-14(11,12)13-8-5-3-2-4-6-8/h8H,2-6H2,1H3,(H2,9,10,11,12). The molecule has 1 atom stereocenters. The predicted molar refractivity (Wildman–Crippen MR) is 51.6 cm³/mol. The van der Waals surface area contributed by atoms with Gasteiger partial charge in [0.15, 0.2) is 0 Å². The summed E-state index contributed by atoms with van der Waals surface area (Å²) in [6.07, 6.45) is 4.59. The summed E-state index contributed by atoms with van der Waals surface area (Å²) < 4.78 is 16.3. The summed E-state index contributed by atoms with van der Waals surface area (Å²) >= 11 is 0. The van der Waals surface area contributed by atoms with Gasteiger partial charge in [-0.2, -0.15) is 0 Å². The molecule has 1 saturated carbocycles. The summed E-state index contributed by atoms with van der Waals surface area (Å²) in [7, 11) is -3.92. The van der Waals surface area contributed by atoms with Crippen molar-refractivity contribution >= 4 is 13.7 Å². The Labute approximate surface area is 83.4 Å². The zero-order valence-corrected chi connectivity index (χ0v) is 9.13. The average Bonchev–Trinajstić information content (AvgIpc) is 2.02. The molecule has 0 heterocycles. The van der Waals surface area contributed by atoms with Crippen molar-refractivity contribution in [1.29, 1.82) is 0 Å². The lowest BCUT2D eigenvalue weighted by atomic mass is 9.98. The van der Waals surface area contributed by atoms with Gasteiger partial charge in [-0.05, 0) is 12.8 Å². The van der Waals surface area contributed by atoms with E-state index in [9.17, 15) is 14.3 Å². The van der Waals surface area contributed by atoms with Crippen LogP contribution in [-0.2, 0) is 13.9 Å². The maximum absolute atomic E-state index is 11.3. The van der Waals surface area contributed by atoms with Gasteiger partial charge in [0.2, 0.25) is 5.91 Å². The van der Waals surface area contributed by atoms with Crippen LogP contribution in [0.25, 0.3) is 0 Å². The third-order valence-electron chi connectivity index (χ3n) is 2.14. The van der Waals surface area contributed by atoms with Crippen LogP contribution < -0.4 is 5.09 Å². The van der Waals surface area contributed by atoms with Gasteiger partial charge in [0.05, 0.1) is 6.10 Å². The number of carbonyl (C=O) groups is 1. The summed E-state index contributed by atoms with van der Waals surface area (Å²) in [6.45, 7) is 1.19. The molecule has 0 aliphatic heterocycles. The fraction of sp³-hybridized carbons (Fsp3) is 0.875. The fourth-order valence-corrected chi connectivity index (χ4v) is 2.66. The van der Waals surface area contributed by atoms with Crippen molar-refractivity contribution in [2.24, 2.45) is 0 Å². The van der Waals surface area contributed by atoms with E-state index in [4.69, 9.17) is 4.52 Å². The SMILES string of the molecule is CC(=O)NP(=O)(O)OC1CCCCC1. The Balaban J connectivity index is 2.40. The second-order valence-electron chi connectivity index (χ2n) is 3.55. The minimum absolute atomic E-state index is 0.188. The van der Waals surface area contributed by atoms with Crippen molar-refractivity contribution in [2.45, 2.75) is 45.1 Å². The van der Waals surface area contributed by atoms with Gasteiger partial charge in [0.1, 0.15) is 0 Å². The molecule has 0 aromatic carbocycles. The Kier molecular flexibility index (Phi) is 4.11. The highest BCUT2D eigenvalue weighted by molar-refractivity contribution is 7.51. The second kappa shape index (κ2) is 4.91. The maximum atomic E-state index is 11.3. The van der Waals surface area contributed by atoms with Crippen LogP contribution in [0.2, 0.25) is 0 Å². The third kappa shape index (κ3) is 4.22. The Morgan fingerprint density at radius 1 is 1.43 bits per heavy atom. The van der Waals surface area contributed by atoms with E-state index in [1.807, 2.05) is 5.09 Å². The first-order valence-corrected chi connectivity index (χ1v) is 6.37. The zero-order valence-electron chi connectivity index (χ0n) is 8.23. The molecule has 1 fully saturated rings. The molecular weight excluding hydrogens is 205 g/mol. The van der Waals surface area contributed by atoms with Crippen LogP contribution in [-0.4, -0.2) is 16.9 Å². The van der Waals surface area contributed by atoms with Gasteiger partial charge >= 0.3 is 7.75 Å². The Bertz CT molecular complexity index is 250. The fourth-order valence-electron chi connectivity index (χ4n) is 1.60. The third-order valence-corrected chi connectivity index (χ3v) is 3.32. The quantitative estimate of drug-likeness (QED) is 0.709. The number of nitrogens with one attached hydrogen (secondary N) is 1. The van der Waals surface area contributed by atoms with Crippen molar-refractivity contribution in [1.82, 2.24) is 5.09 Å². The molecule has 82 valence electrons. The first-order chi connectivity index (χ1) is 6.49. The van der Waals surface area contributed by atoms with E-state index in [2.05, 4.69) is 0 Å². The minimum atomic E-state index is -3.92. The molecule has 1 aliphatic carbocycles. The van der Waals surface area contributed by atoms with E-state index in [-0.39, 0.29) is 6.10 Å². The smallest absolute Gasteiger partial charge is 0.308 e. The minimum Gasteiger partial charge on any atom is -0.308 e. The molecule has 0 radical (unpaired) electrons. The van der Waals surface area contributed by atoms with Gasteiger partial charge in [-0.15, -0.1) is 0 Å². The molecule has 0 bridgehead atoms. The number of amides is 1. The van der Waals surface area contributed by atoms with Gasteiger partial charge < -0.3 is 4.89 Å². The van der Waals surface area contributed by atoms with Crippen molar-refractivity contribution in [2.75, 3.05) is 0 Å². The highest BCUT2D eigenvalue weighted by atomic mass is 31.2. The van der Waals surface area contributed by atoms with E-state index >= 15 is 0 Å². The highest BCUT2D eigenvalue weighted by Gasteiger charge is 2.27. The number of hydrogen-bond acceptors (Lipinski definition) is 3. The molecular formula is C8H16NO4P. The molecule has 6 heteroatoms. The Morgan fingerprint density at radius 3 is 2.50 bits per heavy atom. The molecule has 1 unspecified atom stereocenters. The number of carbonyl (C=O) groups excluding carboxylic acids is 1. The first kappa shape index (κ1) is 11.7. The summed E-state index contributed by atoms with van der Waals surface area (Å²) in [5.41, 5.74) is 0. The van der Waals surface area contributed by atoms with E-state index in [1.54, 1.807) is 0 Å². The van der Waals surface area contributed by atoms with Crippen LogP contribution in [0, 0.1) is 0 Å². The second-order valence-corrected chi connectivity index (χ2v) is 5.03. The molecule has 0 spiro atoms. The van der Waals surface area contributed by atoms with Gasteiger partial charge in [0.25, 0.3) is 0 Å². The maximum Gasteiger partial charge on any atom is 0.432 e. The van der Waals surface area contributed by atoms with Crippen LogP contribution in [0.4, 0.5) is 0 Å². The van der Waals surface area contributed by atoms with Gasteiger partial charge in [-0.3, -0.25) is 14.4 Å². The lowest BCUT2D eigenvalue weighted by Crippen LogP contribution is -2.23. The molecule has 14 heavy (non-hydrogen) atoms. The van der Waals surface area contributed by atoms with E-state index < -0.39 is 13.7 Å². The molecule has 1 rings (SSSR count). The lowest BCUT2D eigenvalue weighted by molar-refractivity contribution is -0.117. The van der Waals surface area contributed by atoms with E-state index in [1.165, 1.54) is 6.92 Å². The molecule has 1 aliphatic rings. The largest absolute Gasteiger partial charge is 0.432 e. The van der Waals surface area contributed by atoms with E-state index in [0.717, 1.165) is 32.1 Å². The predicted octanol–water partition coefficient (Wildman–Crippen LogP) is 1.57. The normalized spacial score (nSPS) is 22.7. The van der Waals surface area contributed by atoms with Gasteiger partial charge in [-0.1, -0.05) is 19.3 Å². The molecule has 0 aromatic rings. The summed E-state index contributed by atoms with van der Waals surface area (Å²) in [5.74, 6) is -0.549. The summed E-state index contributed by atoms with van der Waals surface area (Å²) in [4.78, 5) is 19.8. The van der Waals surface area contributed by atoms with Crippen LogP contribution >= 0.6 is 7.75 Å². The highest BCUT2D eigenvalue weighted by Crippen LogP contribution is 2.41. The van der Waals surface area contributed by atoms with Crippen LogP contribution in [0.1, 0.15) is 39.0 Å². The van der Waals surface area contributed by atoms with Gasteiger partial charge in [0, 0.05) is 6.92 Å². The molecule has 5 nitrogen and oxygen atoms in total. The molecule has 1 amide bonds. The number of rotatable bonds is 3.